The van der Waals surface area contributed by atoms with Gasteiger partial charge in [-0.25, -0.2) is 0 Å². The van der Waals surface area contributed by atoms with Crippen LogP contribution in [0.3, 0.4) is 0 Å². The van der Waals surface area contributed by atoms with E-state index in [4.69, 9.17) is 23.2 Å². The van der Waals surface area contributed by atoms with Crippen molar-refractivity contribution in [2.24, 2.45) is 0 Å². The van der Waals surface area contributed by atoms with Crippen molar-refractivity contribution >= 4 is 56.3 Å². The first-order valence-corrected chi connectivity index (χ1v) is 12.4. The first kappa shape index (κ1) is 24.7. The van der Waals surface area contributed by atoms with E-state index in [-0.39, 0.29) is 11.6 Å². The van der Waals surface area contributed by atoms with E-state index >= 15 is 0 Å². The normalized spacial score (nSPS) is 11.8. The van der Waals surface area contributed by atoms with Crippen LogP contribution in [0.15, 0.2) is 121 Å². The highest BCUT2D eigenvalue weighted by molar-refractivity contribution is 8.16. The Balaban J connectivity index is 1.77. The number of hydrogen-bond donors (Lipinski definition) is 0. The van der Waals surface area contributed by atoms with Gasteiger partial charge in [-0.1, -0.05) is 120 Å². The third-order valence-electron chi connectivity index (χ3n) is 5.08. The summed E-state index contributed by atoms with van der Waals surface area (Å²) < 4.78 is 0. The van der Waals surface area contributed by atoms with Gasteiger partial charge >= 0.3 is 0 Å². The van der Waals surface area contributed by atoms with E-state index in [1.165, 1.54) is 11.8 Å². The van der Waals surface area contributed by atoms with Crippen molar-refractivity contribution in [1.29, 1.82) is 0 Å². The maximum absolute atomic E-state index is 13.1. The molecule has 0 heterocycles. The third kappa shape index (κ3) is 6.83. The lowest BCUT2D eigenvalue weighted by atomic mass is 10.1. The predicted molar refractivity (Wildman–Crippen MR) is 148 cm³/mol. The number of ketones is 2. The van der Waals surface area contributed by atoms with Crippen LogP contribution in [-0.4, -0.2) is 11.6 Å². The quantitative estimate of drug-likeness (QED) is 0.174. The van der Waals surface area contributed by atoms with E-state index in [0.29, 0.717) is 31.0 Å². The molecule has 0 aliphatic carbocycles. The molecular formula is C30H20Cl2O2S. The van der Waals surface area contributed by atoms with Gasteiger partial charge in [0.05, 0.1) is 0 Å². The number of hydrogen-bond acceptors (Lipinski definition) is 3. The number of benzene rings is 4. The van der Waals surface area contributed by atoms with Gasteiger partial charge in [0, 0.05) is 43.1 Å². The van der Waals surface area contributed by atoms with Crippen LogP contribution in [0.2, 0.25) is 10.0 Å². The molecule has 0 amide bonds. The van der Waals surface area contributed by atoms with Gasteiger partial charge in [0.2, 0.25) is 0 Å². The van der Waals surface area contributed by atoms with E-state index in [1.54, 1.807) is 60.7 Å². The molecule has 0 bridgehead atoms. The van der Waals surface area contributed by atoms with Crippen LogP contribution in [0.1, 0.15) is 31.8 Å². The summed E-state index contributed by atoms with van der Waals surface area (Å²) in [6.45, 7) is 0. The molecule has 0 spiro atoms. The minimum absolute atomic E-state index is 0.174. The molecular weight excluding hydrogens is 495 g/mol. The first-order chi connectivity index (χ1) is 17.0. The van der Waals surface area contributed by atoms with Crippen LogP contribution >= 0.6 is 35.0 Å². The van der Waals surface area contributed by atoms with E-state index in [1.807, 2.05) is 60.7 Å². The van der Waals surface area contributed by atoms with Crippen LogP contribution in [-0.2, 0) is 0 Å². The van der Waals surface area contributed by atoms with E-state index in [0.717, 1.165) is 11.1 Å². The molecule has 0 saturated carbocycles. The second kappa shape index (κ2) is 11.9. The fraction of sp³-hybridized carbons (Fsp3) is 0. The Morgan fingerprint density at radius 3 is 1.26 bits per heavy atom. The average molecular weight is 515 g/mol. The first-order valence-electron chi connectivity index (χ1n) is 10.8. The molecule has 35 heavy (non-hydrogen) atoms. The standard InChI is InChI=1S/C30H20Cl2O2S/c31-25-15-7-13-23(17-25)27(33)19-29(21-9-3-1-4-10-21)35-30(22-11-5-2-6-12-22)20-28(34)24-14-8-16-26(32)18-24/h1-20H/b29-19-,30-20+. The van der Waals surface area contributed by atoms with E-state index in [9.17, 15) is 9.59 Å². The van der Waals surface area contributed by atoms with Gasteiger partial charge in [-0.3, -0.25) is 9.59 Å². The lowest BCUT2D eigenvalue weighted by molar-refractivity contribution is 0.103. The van der Waals surface area contributed by atoms with Crippen molar-refractivity contribution in [3.8, 4) is 0 Å². The molecule has 4 aromatic carbocycles. The highest BCUT2D eigenvalue weighted by Gasteiger charge is 2.14. The van der Waals surface area contributed by atoms with Gasteiger partial charge in [-0.2, -0.15) is 0 Å². The topological polar surface area (TPSA) is 34.1 Å². The zero-order valence-electron chi connectivity index (χ0n) is 18.5. The molecule has 0 atom stereocenters. The van der Waals surface area contributed by atoms with Crippen LogP contribution in [0.5, 0.6) is 0 Å². The van der Waals surface area contributed by atoms with E-state index in [2.05, 4.69) is 0 Å². The number of rotatable bonds is 8. The summed E-state index contributed by atoms with van der Waals surface area (Å²) >= 11 is 13.6. The summed E-state index contributed by atoms with van der Waals surface area (Å²) in [6, 6.07) is 32.9. The SMILES string of the molecule is O=C(/C=C(\S/C(=C/C(=O)c1cccc(Cl)c1)c1ccccc1)c1ccccc1)c1cccc(Cl)c1. The highest BCUT2D eigenvalue weighted by Crippen LogP contribution is 2.39. The van der Waals surface area contributed by atoms with Gasteiger partial charge < -0.3 is 0 Å². The molecule has 0 aliphatic rings. The largest absolute Gasteiger partial charge is 0.289 e. The third-order valence-corrected chi connectivity index (χ3v) is 6.70. The van der Waals surface area contributed by atoms with Gasteiger partial charge in [0.1, 0.15) is 0 Å². The number of halogens is 2. The fourth-order valence-electron chi connectivity index (χ4n) is 3.36. The Hall–Kier alpha value is -3.37. The molecule has 172 valence electrons. The van der Waals surface area contributed by atoms with Gasteiger partial charge in [0.25, 0.3) is 0 Å². The Morgan fingerprint density at radius 2 is 0.886 bits per heavy atom. The summed E-state index contributed by atoms with van der Waals surface area (Å²) in [5, 5.41) is 0.991. The van der Waals surface area contributed by atoms with Crippen molar-refractivity contribution in [2.75, 3.05) is 0 Å². The Bertz CT molecular complexity index is 1300. The second-order valence-corrected chi connectivity index (χ2v) is 9.56. The summed E-state index contributed by atoms with van der Waals surface area (Å²) in [5.74, 6) is -0.347. The highest BCUT2D eigenvalue weighted by atomic mass is 35.5. The molecule has 0 unspecified atom stereocenters. The maximum atomic E-state index is 13.1. The average Bonchev–Trinajstić information content (AvgIpc) is 2.88. The van der Waals surface area contributed by atoms with Crippen molar-refractivity contribution in [3.05, 3.63) is 154 Å². The summed E-state index contributed by atoms with van der Waals surface area (Å²) in [4.78, 5) is 27.7. The Kier molecular flexibility index (Phi) is 8.38. The zero-order valence-corrected chi connectivity index (χ0v) is 20.9. The number of thioether (sulfide) groups is 1. The summed E-state index contributed by atoms with van der Waals surface area (Å²) in [5.41, 5.74) is 2.72. The molecule has 2 nitrogen and oxygen atoms in total. The Labute approximate surface area is 218 Å². The summed E-state index contributed by atoms with van der Waals surface area (Å²) in [6.07, 6.45) is 3.18. The Morgan fingerprint density at radius 1 is 0.514 bits per heavy atom. The number of carbonyl (C=O) groups excluding carboxylic acids is 2. The molecule has 0 fully saturated rings. The lowest BCUT2D eigenvalue weighted by Gasteiger charge is -2.12. The molecule has 0 aromatic heterocycles. The minimum atomic E-state index is -0.174. The molecule has 0 N–H and O–H groups in total. The van der Waals surface area contributed by atoms with Crippen LogP contribution in [0, 0.1) is 0 Å². The predicted octanol–water partition coefficient (Wildman–Crippen LogP) is 8.87. The van der Waals surface area contributed by atoms with Gasteiger partial charge in [0.15, 0.2) is 11.6 Å². The molecule has 4 rings (SSSR count). The zero-order chi connectivity index (χ0) is 24.6. The van der Waals surface area contributed by atoms with E-state index < -0.39 is 0 Å². The monoisotopic (exact) mass is 514 g/mol. The fourth-order valence-corrected chi connectivity index (χ4v) is 4.81. The molecule has 0 saturated heterocycles. The smallest absolute Gasteiger partial charge is 0.187 e. The van der Waals surface area contributed by atoms with Crippen LogP contribution in [0.4, 0.5) is 0 Å². The van der Waals surface area contributed by atoms with Crippen LogP contribution < -0.4 is 0 Å². The lowest BCUT2D eigenvalue weighted by Crippen LogP contribution is -1.98. The minimum Gasteiger partial charge on any atom is -0.289 e. The van der Waals surface area contributed by atoms with Crippen molar-refractivity contribution in [1.82, 2.24) is 0 Å². The molecule has 0 aliphatic heterocycles. The maximum Gasteiger partial charge on any atom is 0.187 e. The van der Waals surface area contributed by atoms with Crippen molar-refractivity contribution in [2.45, 2.75) is 0 Å². The number of carbonyl (C=O) groups is 2. The van der Waals surface area contributed by atoms with Crippen molar-refractivity contribution in [3.63, 3.8) is 0 Å². The van der Waals surface area contributed by atoms with Gasteiger partial charge in [-0.15, -0.1) is 0 Å². The second-order valence-electron chi connectivity index (χ2n) is 7.60. The molecule has 5 heteroatoms. The summed E-state index contributed by atoms with van der Waals surface area (Å²) in [7, 11) is 0. The van der Waals surface area contributed by atoms with Crippen molar-refractivity contribution < 1.29 is 9.59 Å². The van der Waals surface area contributed by atoms with Gasteiger partial charge in [-0.05, 0) is 35.4 Å². The number of allylic oxidation sites excluding steroid dienone is 2. The molecule has 0 radical (unpaired) electrons. The molecule has 4 aromatic rings. The van der Waals surface area contributed by atoms with Crippen LogP contribution in [0.25, 0.3) is 9.81 Å².